The lowest BCUT2D eigenvalue weighted by Gasteiger charge is -2.08. The lowest BCUT2D eigenvalue weighted by Crippen LogP contribution is -2.24. The Morgan fingerprint density at radius 1 is 1.00 bits per heavy atom. The van der Waals surface area contributed by atoms with Crippen LogP contribution in [0.3, 0.4) is 0 Å². The van der Waals surface area contributed by atoms with Gasteiger partial charge in [-0.15, -0.1) is 0 Å². The number of aromatic nitrogens is 2. The standard InChI is InChI=1S/C20H19FN4O/c1-2-14-5-9-17(10-6-14)24-20-22-12-11-18(25-20)19(26)23-13-15-3-7-16(21)8-4-15/h3-12H,2,13H2,1H3,(H,23,26)(H,22,24,25). The third-order valence-electron chi connectivity index (χ3n) is 3.87. The van der Waals surface area contributed by atoms with E-state index in [2.05, 4.69) is 27.5 Å². The van der Waals surface area contributed by atoms with E-state index in [1.165, 1.54) is 23.9 Å². The molecule has 0 aliphatic rings. The summed E-state index contributed by atoms with van der Waals surface area (Å²) in [7, 11) is 0. The fraction of sp³-hybridized carbons (Fsp3) is 0.150. The molecule has 0 spiro atoms. The minimum absolute atomic E-state index is 0.259. The Morgan fingerprint density at radius 2 is 1.69 bits per heavy atom. The van der Waals surface area contributed by atoms with Crippen molar-refractivity contribution in [3.8, 4) is 0 Å². The molecule has 3 aromatic rings. The van der Waals surface area contributed by atoms with Crippen LogP contribution in [0.25, 0.3) is 0 Å². The van der Waals surface area contributed by atoms with Gasteiger partial charge in [0.25, 0.3) is 5.91 Å². The largest absolute Gasteiger partial charge is 0.347 e. The highest BCUT2D eigenvalue weighted by atomic mass is 19.1. The van der Waals surface area contributed by atoms with Crippen molar-refractivity contribution in [2.45, 2.75) is 19.9 Å². The van der Waals surface area contributed by atoms with Crippen LogP contribution in [-0.2, 0) is 13.0 Å². The number of carbonyl (C=O) groups excluding carboxylic acids is 1. The van der Waals surface area contributed by atoms with E-state index in [4.69, 9.17) is 0 Å². The number of rotatable bonds is 6. The van der Waals surface area contributed by atoms with E-state index >= 15 is 0 Å². The van der Waals surface area contributed by atoms with Crippen molar-refractivity contribution in [2.24, 2.45) is 0 Å². The van der Waals surface area contributed by atoms with E-state index in [1.54, 1.807) is 18.2 Å². The average Bonchev–Trinajstić information content (AvgIpc) is 2.68. The first-order chi connectivity index (χ1) is 12.6. The van der Waals surface area contributed by atoms with Gasteiger partial charge in [-0.1, -0.05) is 31.2 Å². The molecule has 0 aliphatic carbocycles. The SMILES string of the molecule is CCc1ccc(Nc2nccc(C(=O)NCc3ccc(F)cc3)n2)cc1. The van der Waals surface area contributed by atoms with Crippen molar-refractivity contribution >= 4 is 17.5 Å². The predicted molar refractivity (Wildman–Crippen MR) is 98.7 cm³/mol. The molecule has 1 aromatic heterocycles. The fourth-order valence-electron chi connectivity index (χ4n) is 2.37. The van der Waals surface area contributed by atoms with Crippen molar-refractivity contribution in [1.82, 2.24) is 15.3 Å². The molecule has 1 amide bonds. The van der Waals surface area contributed by atoms with Gasteiger partial charge in [0, 0.05) is 18.4 Å². The maximum atomic E-state index is 12.9. The smallest absolute Gasteiger partial charge is 0.270 e. The second kappa shape index (κ2) is 8.20. The molecular weight excluding hydrogens is 331 g/mol. The number of hydrogen-bond donors (Lipinski definition) is 2. The number of benzene rings is 2. The molecule has 0 aliphatic heterocycles. The van der Waals surface area contributed by atoms with E-state index in [9.17, 15) is 9.18 Å². The molecule has 2 N–H and O–H groups in total. The molecule has 0 radical (unpaired) electrons. The summed E-state index contributed by atoms with van der Waals surface area (Å²) in [6.07, 6.45) is 2.50. The van der Waals surface area contributed by atoms with Gasteiger partial charge in [0.2, 0.25) is 5.95 Å². The molecule has 6 heteroatoms. The van der Waals surface area contributed by atoms with E-state index in [-0.39, 0.29) is 17.4 Å². The van der Waals surface area contributed by atoms with Crippen molar-refractivity contribution in [3.63, 3.8) is 0 Å². The Kier molecular flexibility index (Phi) is 5.53. The van der Waals surface area contributed by atoms with E-state index in [0.29, 0.717) is 12.5 Å². The van der Waals surface area contributed by atoms with Crippen LogP contribution in [0.1, 0.15) is 28.5 Å². The van der Waals surface area contributed by atoms with Crippen molar-refractivity contribution in [3.05, 3.63) is 83.4 Å². The van der Waals surface area contributed by atoms with Crippen LogP contribution in [0.4, 0.5) is 16.0 Å². The Bertz CT molecular complexity index is 879. The van der Waals surface area contributed by atoms with Gasteiger partial charge in [0.05, 0.1) is 0 Å². The van der Waals surface area contributed by atoms with Crippen LogP contribution in [0.2, 0.25) is 0 Å². The van der Waals surface area contributed by atoms with E-state index < -0.39 is 0 Å². The number of carbonyl (C=O) groups is 1. The third kappa shape index (κ3) is 4.63. The average molecular weight is 350 g/mol. The molecule has 3 rings (SSSR count). The minimum Gasteiger partial charge on any atom is -0.347 e. The summed E-state index contributed by atoms with van der Waals surface area (Å²) in [6.45, 7) is 2.39. The van der Waals surface area contributed by atoms with Crippen LogP contribution < -0.4 is 10.6 Å². The van der Waals surface area contributed by atoms with Gasteiger partial charge in [-0.2, -0.15) is 0 Å². The molecule has 0 saturated heterocycles. The number of halogens is 1. The number of hydrogen-bond acceptors (Lipinski definition) is 4. The molecule has 0 saturated carbocycles. The maximum Gasteiger partial charge on any atom is 0.270 e. The van der Waals surface area contributed by atoms with Gasteiger partial charge < -0.3 is 10.6 Å². The monoisotopic (exact) mass is 350 g/mol. The van der Waals surface area contributed by atoms with Crippen LogP contribution in [0.5, 0.6) is 0 Å². The zero-order valence-corrected chi connectivity index (χ0v) is 14.4. The fourth-order valence-corrected chi connectivity index (χ4v) is 2.37. The number of aryl methyl sites for hydroxylation is 1. The molecular formula is C20H19FN4O. The summed E-state index contributed by atoms with van der Waals surface area (Å²) in [5.41, 5.74) is 3.16. The number of nitrogens with zero attached hydrogens (tertiary/aromatic N) is 2. The van der Waals surface area contributed by atoms with E-state index in [1.807, 2.05) is 24.3 Å². The first-order valence-electron chi connectivity index (χ1n) is 8.35. The third-order valence-corrected chi connectivity index (χ3v) is 3.87. The maximum absolute atomic E-state index is 12.9. The Balaban J connectivity index is 1.63. The summed E-state index contributed by atoms with van der Waals surface area (Å²) in [4.78, 5) is 20.7. The topological polar surface area (TPSA) is 66.9 Å². The van der Waals surface area contributed by atoms with Crippen LogP contribution in [0.15, 0.2) is 60.8 Å². The first-order valence-corrected chi connectivity index (χ1v) is 8.35. The first kappa shape index (κ1) is 17.5. The molecule has 2 aromatic carbocycles. The van der Waals surface area contributed by atoms with Gasteiger partial charge in [-0.25, -0.2) is 14.4 Å². The van der Waals surface area contributed by atoms with E-state index in [0.717, 1.165) is 17.7 Å². The lowest BCUT2D eigenvalue weighted by molar-refractivity contribution is 0.0946. The summed E-state index contributed by atoms with van der Waals surface area (Å²) < 4.78 is 12.9. The predicted octanol–water partition coefficient (Wildman–Crippen LogP) is 3.85. The molecule has 132 valence electrons. The summed E-state index contributed by atoms with van der Waals surface area (Å²) in [5, 5.41) is 5.85. The van der Waals surface area contributed by atoms with Crippen LogP contribution >= 0.6 is 0 Å². The molecule has 26 heavy (non-hydrogen) atoms. The van der Waals surface area contributed by atoms with Gasteiger partial charge in [-0.3, -0.25) is 4.79 Å². The van der Waals surface area contributed by atoms with Gasteiger partial charge in [0.1, 0.15) is 11.5 Å². The highest BCUT2D eigenvalue weighted by Gasteiger charge is 2.09. The summed E-state index contributed by atoms with van der Waals surface area (Å²) in [5.74, 6) is -0.275. The normalized spacial score (nSPS) is 10.4. The highest BCUT2D eigenvalue weighted by Crippen LogP contribution is 2.14. The van der Waals surface area contributed by atoms with Crippen LogP contribution in [-0.4, -0.2) is 15.9 Å². The molecule has 0 fully saturated rings. The van der Waals surface area contributed by atoms with Crippen molar-refractivity contribution in [1.29, 1.82) is 0 Å². The summed E-state index contributed by atoms with van der Waals surface area (Å²) >= 11 is 0. The Labute approximate surface area is 151 Å². The van der Waals surface area contributed by atoms with Gasteiger partial charge >= 0.3 is 0 Å². The van der Waals surface area contributed by atoms with Crippen LogP contribution in [0, 0.1) is 5.82 Å². The van der Waals surface area contributed by atoms with Crippen molar-refractivity contribution in [2.75, 3.05) is 5.32 Å². The van der Waals surface area contributed by atoms with Gasteiger partial charge in [0.15, 0.2) is 0 Å². The molecule has 5 nitrogen and oxygen atoms in total. The Hall–Kier alpha value is -3.28. The summed E-state index contributed by atoms with van der Waals surface area (Å²) in [6, 6.07) is 15.5. The van der Waals surface area contributed by atoms with Crippen molar-refractivity contribution < 1.29 is 9.18 Å². The van der Waals surface area contributed by atoms with Gasteiger partial charge in [-0.05, 0) is 47.9 Å². The lowest BCUT2D eigenvalue weighted by atomic mass is 10.1. The second-order valence-corrected chi connectivity index (χ2v) is 5.75. The second-order valence-electron chi connectivity index (χ2n) is 5.75. The highest BCUT2D eigenvalue weighted by molar-refractivity contribution is 5.92. The number of nitrogens with one attached hydrogen (secondary N) is 2. The molecule has 1 heterocycles. The minimum atomic E-state index is -0.318. The Morgan fingerprint density at radius 3 is 2.38 bits per heavy atom. The quantitative estimate of drug-likeness (QED) is 0.709. The molecule has 0 atom stereocenters. The molecule has 0 unspecified atom stereocenters. The number of amides is 1. The molecule has 0 bridgehead atoms. The number of anilines is 2. The zero-order chi connectivity index (χ0) is 18.4. The zero-order valence-electron chi connectivity index (χ0n) is 14.4.